The molecule has 0 saturated heterocycles. The van der Waals surface area contributed by atoms with Crippen LogP contribution in [0.2, 0.25) is 0 Å². The molecular formula is C16H21N3O. The van der Waals surface area contributed by atoms with Gasteiger partial charge in [-0.3, -0.25) is 4.79 Å². The number of H-pyrrole nitrogens is 1. The molecule has 2 heterocycles. The van der Waals surface area contributed by atoms with E-state index in [0.717, 1.165) is 32.4 Å². The molecular weight excluding hydrogens is 250 g/mol. The van der Waals surface area contributed by atoms with Gasteiger partial charge in [0.1, 0.15) is 0 Å². The summed E-state index contributed by atoms with van der Waals surface area (Å²) in [4.78, 5) is 17.7. The van der Waals surface area contributed by atoms with E-state index in [1.807, 2.05) is 11.0 Å². The van der Waals surface area contributed by atoms with Crippen molar-refractivity contribution in [2.24, 2.45) is 5.73 Å². The molecule has 0 unspecified atom stereocenters. The molecule has 4 nitrogen and oxygen atoms in total. The molecule has 1 aliphatic rings. The Morgan fingerprint density at radius 1 is 1.30 bits per heavy atom. The quantitative estimate of drug-likeness (QED) is 0.837. The van der Waals surface area contributed by atoms with E-state index in [4.69, 9.17) is 5.73 Å². The second kappa shape index (κ2) is 5.67. The standard InChI is InChI=1S/C16H21N3O/c17-9-4-3-7-16(20)19-10-8-15-13(11-19)12-5-1-2-6-14(12)18-15/h1-2,5-6,18H,3-4,7-11,17H2. The van der Waals surface area contributed by atoms with Gasteiger partial charge < -0.3 is 15.6 Å². The molecule has 0 bridgehead atoms. The summed E-state index contributed by atoms with van der Waals surface area (Å²) in [6, 6.07) is 8.33. The van der Waals surface area contributed by atoms with Crippen molar-refractivity contribution < 1.29 is 4.79 Å². The lowest BCUT2D eigenvalue weighted by Gasteiger charge is -2.27. The zero-order chi connectivity index (χ0) is 13.9. The fourth-order valence-corrected chi connectivity index (χ4v) is 2.96. The van der Waals surface area contributed by atoms with Crippen molar-refractivity contribution in [2.45, 2.75) is 32.2 Å². The normalized spacial score (nSPS) is 14.6. The largest absolute Gasteiger partial charge is 0.358 e. The van der Waals surface area contributed by atoms with Crippen molar-refractivity contribution >= 4 is 16.8 Å². The van der Waals surface area contributed by atoms with Gasteiger partial charge in [-0.1, -0.05) is 18.2 Å². The van der Waals surface area contributed by atoms with Gasteiger partial charge >= 0.3 is 0 Å². The third kappa shape index (κ3) is 2.43. The Kier molecular flexibility index (Phi) is 3.74. The Labute approximate surface area is 118 Å². The van der Waals surface area contributed by atoms with E-state index in [9.17, 15) is 4.79 Å². The van der Waals surface area contributed by atoms with Crippen LogP contribution >= 0.6 is 0 Å². The van der Waals surface area contributed by atoms with Crippen LogP contribution in [0.25, 0.3) is 10.9 Å². The minimum atomic E-state index is 0.259. The van der Waals surface area contributed by atoms with Crippen LogP contribution in [0.5, 0.6) is 0 Å². The van der Waals surface area contributed by atoms with E-state index in [-0.39, 0.29) is 5.91 Å². The van der Waals surface area contributed by atoms with Gasteiger partial charge in [0.05, 0.1) is 0 Å². The molecule has 0 saturated carbocycles. The molecule has 20 heavy (non-hydrogen) atoms. The van der Waals surface area contributed by atoms with Gasteiger partial charge in [-0.2, -0.15) is 0 Å². The van der Waals surface area contributed by atoms with E-state index in [1.54, 1.807) is 0 Å². The monoisotopic (exact) mass is 271 g/mol. The number of nitrogens with one attached hydrogen (secondary N) is 1. The number of hydrogen-bond donors (Lipinski definition) is 2. The zero-order valence-corrected chi connectivity index (χ0v) is 11.7. The Bertz CT molecular complexity index is 617. The number of unbranched alkanes of at least 4 members (excludes halogenated alkanes) is 1. The lowest BCUT2D eigenvalue weighted by atomic mass is 10.0. The van der Waals surface area contributed by atoms with Gasteiger partial charge in [0.25, 0.3) is 0 Å². The van der Waals surface area contributed by atoms with Crippen molar-refractivity contribution in [3.8, 4) is 0 Å². The summed E-state index contributed by atoms with van der Waals surface area (Å²) in [6.07, 6.45) is 3.37. The van der Waals surface area contributed by atoms with Gasteiger partial charge in [0, 0.05) is 48.1 Å². The van der Waals surface area contributed by atoms with Crippen molar-refractivity contribution in [2.75, 3.05) is 13.1 Å². The first-order chi connectivity index (χ1) is 9.79. The number of aromatic amines is 1. The fraction of sp³-hybridized carbons (Fsp3) is 0.438. The average Bonchev–Trinajstić information content (AvgIpc) is 2.85. The molecule has 3 rings (SSSR count). The van der Waals surface area contributed by atoms with Crippen molar-refractivity contribution in [1.29, 1.82) is 0 Å². The summed E-state index contributed by atoms with van der Waals surface area (Å²) in [5, 5.41) is 1.25. The third-order valence-electron chi connectivity index (χ3n) is 4.08. The number of aromatic nitrogens is 1. The maximum Gasteiger partial charge on any atom is 0.222 e. The molecule has 1 amide bonds. The minimum absolute atomic E-state index is 0.259. The van der Waals surface area contributed by atoms with Gasteiger partial charge in [-0.15, -0.1) is 0 Å². The van der Waals surface area contributed by atoms with Crippen molar-refractivity contribution in [3.05, 3.63) is 35.5 Å². The highest BCUT2D eigenvalue weighted by Crippen LogP contribution is 2.27. The van der Waals surface area contributed by atoms with E-state index < -0.39 is 0 Å². The number of hydrogen-bond acceptors (Lipinski definition) is 2. The topological polar surface area (TPSA) is 62.1 Å². The number of nitrogens with two attached hydrogens (primary N) is 1. The summed E-state index contributed by atoms with van der Waals surface area (Å²) in [5.74, 6) is 0.259. The van der Waals surface area contributed by atoms with Crippen LogP contribution in [-0.4, -0.2) is 28.9 Å². The molecule has 3 N–H and O–H groups in total. The molecule has 1 aromatic carbocycles. The fourth-order valence-electron chi connectivity index (χ4n) is 2.96. The Morgan fingerprint density at radius 2 is 2.15 bits per heavy atom. The van der Waals surface area contributed by atoms with E-state index in [0.29, 0.717) is 13.0 Å². The van der Waals surface area contributed by atoms with Crippen molar-refractivity contribution in [3.63, 3.8) is 0 Å². The summed E-state index contributed by atoms with van der Waals surface area (Å²) in [5.41, 5.74) is 9.23. The third-order valence-corrected chi connectivity index (χ3v) is 4.08. The van der Waals surface area contributed by atoms with Crippen LogP contribution < -0.4 is 5.73 Å². The second-order valence-electron chi connectivity index (χ2n) is 5.44. The molecule has 106 valence electrons. The molecule has 2 aromatic rings. The molecule has 0 fully saturated rings. The van der Waals surface area contributed by atoms with Gasteiger partial charge in [0.15, 0.2) is 0 Å². The van der Waals surface area contributed by atoms with Crippen molar-refractivity contribution in [1.82, 2.24) is 9.88 Å². The summed E-state index contributed by atoms with van der Waals surface area (Å²) < 4.78 is 0. The maximum absolute atomic E-state index is 12.2. The van der Waals surface area contributed by atoms with E-state index in [2.05, 4.69) is 23.2 Å². The average molecular weight is 271 g/mol. The molecule has 1 aliphatic heterocycles. The maximum atomic E-state index is 12.2. The highest BCUT2D eigenvalue weighted by molar-refractivity contribution is 5.86. The highest BCUT2D eigenvalue weighted by Gasteiger charge is 2.23. The molecule has 4 heteroatoms. The first-order valence-corrected chi connectivity index (χ1v) is 7.36. The van der Waals surface area contributed by atoms with Crippen LogP contribution in [-0.2, 0) is 17.8 Å². The highest BCUT2D eigenvalue weighted by atomic mass is 16.2. The molecule has 0 spiro atoms. The molecule has 1 aromatic heterocycles. The summed E-state index contributed by atoms with van der Waals surface area (Å²) >= 11 is 0. The second-order valence-corrected chi connectivity index (χ2v) is 5.44. The minimum Gasteiger partial charge on any atom is -0.358 e. The number of fused-ring (bicyclic) bond motifs is 3. The lowest BCUT2D eigenvalue weighted by Crippen LogP contribution is -2.35. The smallest absolute Gasteiger partial charge is 0.222 e. The first-order valence-electron chi connectivity index (χ1n) is 7.36. The van der Waals surface area contributed by atoms with E-state index >= 15 is 0 Å². The number of carbonyl (C=O) groups is 1. The number of carbonyl (C=O) groups excluding carboxylic acids is 1. The number of benzene rings is 1. The Morgan fingerprint density at radius 3 is 3.00 bits per heavy atom. The number of rotatable bonds is 4. The van der Waals surface area contributed by atoms with Crippen LogP contribution in [0.4, 0.5) is 0 Å². The Hall–Kier alpha value is -1.81. The number of para-hydroxylation sites is 1. The molecule has 0 radical (unpaired) electrons. The van der Waals surface area contributed by atoms with Crippen LogP contribution in [0.15, 0.2) is 24.3 Å². The molecule has 0 aliphatic carbocycles. The molecule has 0 atom stereocenters. The van der Waals surface area contributed by atoms with Crippen LogP contribution in [0.3, 0.4) is 0 Å². The zero-order valence-electron chi connectivity index (χ0n) is 11.7. The number of nitrogens with zero attached hydrogens (tertiary/aromatic N) is 1. The van der Waals surface area contributed by atoms with Crippen LogP contribution in [0.1, 0.15) is 30.5 Å². The van der Waals surface area contributed by atoms with Gasteiger partial charge in [-0.25, -0.2) is 0 Å². The first kappa shape index (κ1) is 13.2. The van der Waals surface area contributed by atoms with Gasteiger partial charge in [0.2, 0.25) is 5.91 Å². The summed E-state index contributed by atoms with van der Waals surface area (Å²) in [6.45, 7) is 2.22. The van der Waals surface area contributed by atoms with Crippen LogP contribution in [0, 0.1) is 0 Å². The van der Waals surface area contributed by atoms with Gasteiger partial charge in [-0.05, 0) is 25.5 Å². The number of amides is 1. The lowest BCUT2D eigenvalue weighted by molar-refractivity contribution is -0.132. The Balaban J connectivity index is 1.76. The predicted molar refractivity (Wildman–Crippen MR) is 80.3 cm³/mol. The summed E-state index contributed by atoms with van der Waals surface area (Å²) in [7, 11) is 0. The predicted octanol–water partition coefficient (Wildman–Crippen LogP) is 2.18. The SMILES string of the molecule is NCCCCC(=O)N1CCc2[nH]c3ccccc3c2C1. The van der Waals surface area contributed by atoms with E-state index in [1.165, 1.54) is 22.2 Å².